The summed E-state index contributed by atoms with van der Waals surface area (Å²) in [5.41, 5.74) is 1.69. The number of piperidine rings is 1. The van der Waals surface area contributed by atoms with Crippen LogP contribution in [0.15, 0.2) is 0 Å². The molecule has 0 aromatic carbocycles. The van der Waals surface area contributed by atoms with Crippen LogP contribution in [-0.2, 0) is 4.79 Å². The van der Waals surface area contributed by atoms with E-state index in [2.05, 4.69) is 18.7 Å². The van der Waals surface area contributed by atoms with E-state index in [-0.39, 0.29) is 5.91 Å². The predicted molar refractivity (Wildman–Crippen MR) is 54.0 cm³/mol. The molecular formula is C10H20N2O2. The SMILES string of the molecule is CC(C)N1CCC(CC(=O)NO)CC1. The first-order chi connectivity index (χ1) is 6.63. The van der Waals surface area contributed by atoms with E-state index in [9.17, 15) is 4.79 Å². The zero-order chi connectivity index (χ0) is 10.6. The standard InChI is InChI=1S/C10H20N2O2/c1-8(2)12-5-3-9(4-6-12)7-10(13)11-14/h8-9,14H,3-7H2,1-2H3,(H,11,13). The summed E-state index contributed by atoms with van der Waals surface area (Å²) < 4.78 is 0. The summed E-state index contributed by atoms with van der Waals surface area (Å²) in [4.78, 5) is 13.3. The molecule has 14 heavy (non-hydrogen) atoms. The number of hydrogen-bond acceptors (Lipinski definition) is 3. The second kappa shape index (κ2) is 5.32. The number of nitrogens with one attached hydrogen (secondary N) is 1. The molecule has 2 N–H and O–H groups in total. The Hall–Kier alpha value is -0.610. The third-order valence-corrected chi connectivity index (χ3v) is 2.98. The molecule has 82 valence electrons. The Balaban J connectivity index is 2.25. The Labute approximate surface area is 85.2 Å². The molecule has 1 aliphatic rings. The van der Waals surface area contributed by atoms with Gasteiger partial charge in [-0.1, -0.05) is 0 Å². The van der Waals surface area contributed by atoms with Crippen LogP contribution in [0.4, 0.5) is 0 Å². The molecule has 1 aliphatic heterocycles. The van der Waals surface area contributed by atoms with E-state index < -0.39 is 0 Å². The Bertz CT molecular complexity index is 187. The molecule has 1 heterocycles. The van der Waals surface area contributed by atoms with Crippen LogP contribution in [0.1, 0.15) is 33.1 Å². The van der Waals surface area contributed by atoms with Crippen LogP contribution in [0.3, 0.4) is 0 Å². The molecule has 0 aliphatic carbocycles. The predicted octanol–water partition coefficient (Wildman–Crippen LogP) is 1.00. The number of carbonyl (C=O) groups is 1. The number of nitrogens with zero attached hydrogens (tertiary/aromatic N) is 1. The van der Waals surface area contributed by atoms with Gasteiger partial charge < -0.3 is 4.90 Å². The second-order valence-corrected chi connectivity index (χ2v) is 4.31. The van der Waals surface area contributed by atoms with E-state index in [4.69, 9.17) is 5.21 Å². The maximum Gasteiger partial charge on any atom is 0.243 e. The molecule has 4 heteroatoms. The number of likely N-dealkylation sites (tertiary alicyclic amines) is 1. The zero-order valence-electron chi connectivity index (χ0n) is 8.99. The van der Waals surface area contributed by atoms with Crippen molar-refractivity contribution < 1.29 is 10.0 Å². The van der Waals surface area contributed by atoms with Crippen LogP contribution in [0, 0.1) is 5.92 Å². The molecule has 0 aromatic rings. The van der Waals surface area contributed by atoms with Crippen LogP contribution in [0.2, 0.25) is 0 Å². The van der Waals surface area contributed by atoms with Crippen LogP contribution in [0.25, 0.3) is 0 Å². The fourth-order valence-corrected chi connectivity index (χ4v) is 1.98. The average molecular weight is 200 g/mol. The summed E-state index contributed by atoms with van der Waals surface area (Å²) in [6.07, 6.45) is 2.58. The van der Waals surface area contributed by atoms with Crippen LogP contribution in [0.5, 0.6) is 0 Å². The van der Waals surface area contributed by atoms with E-state index in [0.29, 0.717) is 18.4 Å². The molecule has 0 bridgehead atoms. The monoisotopic (exact) mass is 200 g/mol. The normalized spacial score (nSPS) is 20.0. The summed E-state index contributed by atoms with van der Waals surface area (Å²) in [6.45, 7) is 6.53. The summed E-state index contributed by atoms with van der Waals surface area (Å²) >= 11 is 0. The Kier molecular flexibility index (Phi) is 4.35. The first kappa shape index (κ1) is 11.5. The van der Waals surface area contributed by atoms with E-state index in [1.54, 1.807) is 5.48 Å². The first-order valence-electron chi connectivity index (χ1n) is 5.30. The Morgan fingerprint density at radius 1 is 1.50 bits per heavy atom. The molecule has 1 amide bonds. The van der Waals surface area contributed by atoms with Gasteiger partial charge in [0.2, 0.25) is 5.91 Å². The van der Waals surface area contributed by atoms with Gasteiger partial charge in [-0.15, -0.1) is 0 Å². The third kappa shape index (κ3) is 3.27. The largest absolute Gasteiger partial charge is 0.301 e. The average Bonchev–Trinajstić information content (AvgIpc) is 2.18. The van der Waals surface area contributed by atoms with Gasteiger partial charge in [0, 0.05) is 12.5 Å². The van der Waals surface area contributed by atoms with E-state index in [1.807, 2.05) is 0 Å². The number of hydrogen-bond donors (Lipinski definition) is 2. The maximum absolute atomic E-state index is 10.9. The van der Waals surface area contributed by atoms with Crippen molar-refractivity contribution in [3.63, 3.8) is 0 Å². The molecule has 0 aromatic heterocycles. The third-order valence-electron chi connectivity index (χ3n) is 2.98. The van der Waals surface area contributed by atoms with Crippen molar-refractivity contribution in [1.29, 1.82) is 0 Å². The fourth-order valence-electron chi connectivity index (χ4n) is 1.98. The fraction of sp³-hybridized carbons (Fsp3) is 0.900. The van der Waals surface area contributed by atoms with Gasteiger partial charge in [-0.2, -0.15) is 0 Å². The van der Waals surface area contributed by atoms with Gasteiger partial charge in [0.25, 0.3) is 0 Å². The van der Waals surface area contributed by atoms with Crippen molar-refractivity contribution in [3.05, 3.63) is 0 Å². The van der Waals surface area contributed by atoms with Crippen molar-refractivity contribution in [3.8, 4) is 0 Å². The first-order valence-corrected chi connectivity index (χ1v) is 5.30. The quantitative estimate of drug-likeness (QED) is 0.528. The highest BCUT2D eigenvalue weighted by atomic mass is 16.5. The lowest BCUT2D eigenvalue weighted by molar-refractivity contribution is -0.130. The Morgan fingerprint density at radius 3 is 2.50 bits per heavy atom. The topological polar surface area (TPSA) is 52.6 Å². The van der Waals surface area contributed by atoms with Gasteiger partial charge in [-0.3, -0.25) is 10.0 Å². The number of carbonyl (C=O) groups excluding carboxylic acids is 1. The van der Waals surface area contributed by atoms with E-state index >= 15 is 0 Å². The van der Waals surface area contributed by atoms with Crippen molar-refractivity contribution in [2.45, 2.75) is 39.2 Å². The van der Waals surface area contributed by atoms with Gasteiger partial charge in [0.05, 0.1) is 0 Å². The van der Waals surface area contributed by atoms with E-state index in [0.717, 1.165) is 25.9 Å². The smallest absolute Gasteiger partial charge is 0.243 e. The number of rotatable bonds is 3. The Morgan fingerprint density at radius 2 is 2.07 bits per heavy atom. The summed E-state index contributed by atoms with van der Waals surface area (Å²) in [6, 6.07) is 0.600. The molecule has 1 rings (SSSR count). The van der Waals surface area contributed by atoms with Crippen LogP contribution in [-0.4, -0.2) is 35.1 Å². The highest BCUT2D eigenvalue weighted by Gasteiger charge is 2.22. The highest BCUT2D eigenvalue weighted by Crippen LogP contribution is 2.21. The summed E-state index contributed by atoms with van der Waals surface area (Å²) in [5, 5.41) is 8.40. The molecule has 1 fully saturated rings. The number of hydroxylamine groups is 1. The highest BCUT2D eigenvalue weighted by molar-refractivity contribution is 5.74. The molecular weight excluding hydrogens is 180 g/mol. The minimum atomic E-state index is -0.256. The molecule has 0 unspecified atom stereocenters. The summed E-state index contributed by atoms with van der Waals surface area (Å²) in [7, 11) is 0. The van der Waals surface area contributed by atoms with Crippen molar-refractivity contribution in [1.82, 2.24) is 10.4 Å². The van der Waals surface area contributed by atoms with Gasteiger partial charge in [0.1, 0.15) is 0 Å². The summed E-state index contributed by atoms with van der Waals surface area (Å²) in [5.74, 6) is 0.185. The molecule has 0 atom stereocenters. The lowest BCUT2D eigenvalue weighted by atomic mass is 9.93. The van der Waals surface area contributed by atoms with Crippen molar-refractivity contribution in [2.24, 2.45) is 5.92 Å². The maximum atomic E-state index is 10.9. The van der Waals surface area contributed by atoms with Gasteiger partial charge >= 0.3 is 0 Å². The molecule has 0 spiro atoms. The second-order valence-electron chi connectivity index (χ2n) is 4.31. The molecule has 1 saturated heterocycles. The van der Waals surface area contributed by atoms with Gasteiger partial charge in [-0.05, 0) is 45.7 Å². The van der Waals surface area contributed by atoms with Crippen LogP contribution >= 0.6 is 0 Å². The van der Waals surface area contributed by atoms with E-state index in [1.165, 1.54) is 0 Å². The minimum absolute atomic E-state index is 0.256. The lowest BCUT2D eigenvalue weighted by Crippen LogP contribution is -2.39. The molecule has 4 nitrogen and oxygen atoms in total. The van der Waals surface area contributed by atoms with Crippen molar-refractivity contribution >= 4 is 5.91 Å². The minimum Gasteiger partial charge on any atom is -0.301 e. The zero-order valence-corrected chi connectivity index (χ0v) is 8.99. The number of amides is 1. The molecule has 0 radical (unpaired) electrons. The van der Waals surface area contributed by atoms with Crippen molar-refractivity contribution in [2.75, 3.05) is 13.1 Å². The van der Waals surface area contributed by atoms with Crippen LogP contribution < -0.4 is 5.48 Å². The van der Waals surface area contributed by atoms with Gasteiger partial charge in [-0.25, -0.2) is 5.48 Å². The lowest BCUT2D eigenvalue weighted by Gasteiger charge is -2.34. The molecule has 0 saturated carbocycles. The van der Waals surface area contributed by atoms with Gasteiger partial charge in [0.15, 0.2) is 0 Å².